The number of hydrogen-bond donors (Lipinski definition) is 2. The number of fused-ring (bicyclic) bond motifs is 1. The highest BCUT2D eigenvalue weighted by Crippen LogP contribution is 2.20. The lowest BCUT2D eigenvalue weighted by Crippen LogP contribution is -2.37. The largest absolute Gasteiger partial charge is 0.495 e. The molecular formula is C23H26N4O4. The van der Waals surface area contributed by atoms with E-state index >= 15 is 0 Å². The molecule has 1 aliphatic heterocycles. The van der Waals surface area contributed by atoms with Crippen molar-refractivity contribution in [2.75, 3.05) is 33.3 Å². The molecule has 3 aromatic rings. The number of ether oxygens (including phenoxy) is 1. The predicted octanol–water partition coefficient (Wildman–Crippen LogP) is 1.90. The fourth-order valence-electron chi connectivity index (χ4n) is 4.01. The summed E-state index contributed by atoms with van der Waals surface area (Å²) in [5.74, 6) is 0.188. The second-order valence-corrected chi connectivity index (χ2v) is 7.66. The van der Waals surface area contributed by atoms with Crippen LogP contribution in [0.1, 0.15) is 29.6 Å². The summed E-state index contributed by atoms with van der Waals surface area (Å²) in [6.07, 6.45) is 3.69. The van der Waals surface area contributed by atoms with Crippen LogP contribution in [-0.2, 0) is 0 Å². The third kappa shape index (κ3) is 4.39. The third-order valence-corrected chi connectivity index (χ3v) is 5.65. The number of nitrogens with zero attached hydrogens (tertiary/aromatic N) is 2. The quantitative estimate of drug-likeness (QED) is 0.633. The van der Waals surface area contributed by atoms with Gasteiger partial charge in [-0.2, -0.15) is 0 Å². The van der Waals surface area contributed by atoms with E-state index in [1.54, 1.807) is 42.5 Å². The van der Waals surface area contributed by atoms with Gasteiger partial charge in [0.2, 0.25) is 0 Å². The molecule has 0 unspecified atom stereocenters. The molecule has 1 fully saturated rings. The zero-order valence-electron chi connectivity index (χ0n) is 17.5. The summed E-state index contributed by atoms with van der Waals surface area (Å²) in [4.78, 5) is 43.3. The van der Waals surface area contributed by atoms with E-state index in [4.69, 9.17) is 4.74 Å². The zero-order valence-corrected chi connectivity index (χ0v) is 17.5. The number of likely N-dealkylation sites (tertiary alicyclic amines) is 1. The summed E-state index contributed by atoms with van der Waals surface area (Å²) in [6, 6.07) is 11.5. The summed E-state index contributed by atoms with van der Waals surface area (Å²) in [5, 5.41) is 3.24. The number of rotatable bonds is 6. The molecule has 31 heavy (non-hydrogen) atoms. The van der Waals surface area contributed by atoms with Gasteiger partial charge in [0.05, 0.1) is 23.7 Å². The van der Waals surface area contributed by atoms with Crippen molar-refractivity contribution in [3.05, 3.63) is 68.9 Å². The Morgan fingerprint density at radius 2 is 1.87 bits per heavy atom. The molecule has 0 spiro atoms. The van der Waals surface area contributed by atoms with Crippen LogP contribution in [0.5, 0.6) is 5.75 Å². The van der Waals surface area contributed by atoms with Crippen LogP contribution in [0, 0.1) is 0 Å². The van der Waals surface area contributed by atoms with Crippen molar-refractivity contribution in [3.63, 3.8) is 0 Å². The number of carbonyl (C=O) groups excluding carboxylic acids is 1. The van der Waals surface area contributed by atoms with Gasteiger partial charge in [-0.3, -0.25) is 9.59 Å². The van der Waals surface area contributed by atoms with Crippen LogP contribution in [0.25, 0.3) is 16.6 Å². The van der Waals surface area contributed by atoms with Crippen molar-refractivity contribution in [3.8, 4) is 11.4 Å². The van der Waals surface area contributed by atoms with E-state index in [9.17, 15) is 14.4 Å². The number of carbonyl (C=O) groups is 1. The Hall–Kier alpha value is -3.39. The molecule has 2 heterocycles. The summed E-state index contributed by atoms with van der Waals surface area (Å²) >= 11 is 0. The van der Waals surface area contributed by atoms with Crippen LogP contribution >= 0.6 is 0 Å². The maximum absolute atomic E-state index is 13.0. The monoisotopic (exact) mass is 422 g/mol. The first kappa shape index (κ1) is 20.9. The smallest absolute Gasteiger partial charge is 0.333 e. The lowest BCUT2D eigenvalue weighted by molar-refractivity contribution is 0.0946. The number of H-pyrrole nitrogens is 1. The number of aromatic amines is 1. The number of amides is 1. The molecule has 0 bridgehead atoms. The zero-order chi connectivity index (χ0) is 21.8. The molecule has 2 aromatic carbocycles. The number of para-hydroxylation sites is 2. The fourth-order valence-corrected chi connectivity index (χ4v) is 4.01. The average molecular weight is 422 g/mol. The molecule has 1 aromatic heterocycles. The summed E-state index contributed by atoms with van der Waals surface area (Å²) in [6.45, 7) is 3.53. The van der Waals surface area contributed by atoms with Gasteiger partial charge in [0.15, 0.2) is 0 Å². The number of hydrogen-bond acceptors (Lipinski definition) is 5. The highest BCUT2D eigenvalue weighted by atomic mass is 16.5. The van der Waals surface area contributed by atoms with E-state index in [-0.39, 0.29) is 5.91 Å². The van der Waals surface area contributed by atoms with Gasteiger partial charge in [-0.15, -0.1) is 0 Å². The molecule has 1 amide bonds. The van der Waals surface area contributed by atoms with E-state index in [0.29, 0.717) is 34.4 Å². The molecular weight excluding hydrogens is 396 g/mol. The van der Waals surface area contributed by atoms with Crippen molar-refractivity contribution in [1.82, 2.24) is 19.8 Å². The fraction of sp³-hybridized carbons (Fsp3) is 0.348. The van der Waals surface area contributed by atoms with Crippen molar-refractivity contribution >= 4 is 16.8 Å². The van der Waals surface area contributed by atoms with Crippen LogP contribution in [0.3, 0.4) is 0 Å². The number of aromatic nitrogens is 2. The first-order valence-electron chi connectivity index (χ1n) is 10.5. The average Bonchev–Trinajstić information content (AvgIpc) is 2.79. The standard InChI is InChI=1S/C23H26N4O4/c1-31-20-8-4-3-7-19(20)27-22(29)17-10-9-16(15-18(17)25-23(27)30)21(28)24-11-14-26-12-5-2-6-13-26/h3-4,7-10,15H,2,5-6,11-14H2,1H3,(H,24,28)(H,25,30). The van der Waals surface area contributed by atoms with Gasteiger partial charge in [-0.25, -0.2) is 9.36 Å². The molecule has 8 nitrogen and oxygen atoms in total. The van der Waals surface area contributed by atoms with Crippen LogP contribution in [0.4, 0.5) is 0 Å². The molecule has 8 heteroatoms. The number of methoxy groups -OCH3 is 1. The second kappa shape index (κ2) is 9.18. The first-order valence-corrected chi connectivity index (χ1v) is 10.5. The Bertz CT molecular complexity index is 1210. The van der Waals surface area contributed by atoms with Gasteiger partial charge in [0, 0.05) is 18.7 Å². The molecule has 0 atom stereocenters. The van der Waals surface area contributed by atoms with E-state index in [1.807, 2.05) is 0 Å². The molecule has 0 aliphatic carbocycles. The van der Waals surface area contributed by atoms with E-state index < -0.39 is 11.2 Å². The first-order chi connectivity index (χ1) is 15.1. The van der Waals surface area contributed by atoms with Gasteiger partial charge in [-0.05, 0) is 56.3 Å². The molecule has 1 aliphatic rings. The van der Waals surface area contributed by atoms with Crippen molar-refractivity contribution in [2.24, 2.45) is 0 Å². The summed E-state index contributed by atoms with van der Waals surface area (Å²) < 4.78 is 6.33. The molecule has 0 radical (unpaired) electrons. The normalized spacial score (nSPS) is 14.5. The van der Waals surface area contributed by atoms with Crippen LogP contribution in [0.15, 0.2) is 52.1 Å². The Balaban J connectivity index is 1.58. The lowest BCUT2D eigenvalue weighted by atomic mass is 10.1. The van der Waals surface area contributed by atoms with Crippen molar-refractivity contribution in [1.29, 1.82) is 0 Å². The maximum atomic E-state index is 13.0. The molecule has 1 saturated heterocycles. The topological polar surface area (TPSA) is 96.4 Å². The van der Waals surface area contributed by atoms with Crippen molar-refractivity contribution < 1.29 is 9.53 Å². The Kier molecular flexibility index (Phi) is 6.18. The minimum Gasteiger partial charge on any atom is -0.495 e. The van der Waals surface area contributed by atoms with Crippen LogP contribution in [0.2, 0.25) is 0 Å². The molecule has 162 valence electrons. The summed E-state index contributed by atoms with van der Waals surface area (Å²) in [7, 11) is 1.48. The van der Waals surface area contributed by atoms with Gasteiger partial charge >= 0.3 is 5.69 Å². The Morgan fingerprint density at radius 3 is 2.65 bits per heavy atom. The van der Waals surface area contributed by atoms with Gasteiger partial charge < -0.3 is 19.9 Å². The van der Waals surface area contributed by atoms with E-state index in [0.717, 1.165) is 24.2 Å². The minimum atomic E-state index is -0.593. The molecule has 4 rings (SSSR count). The van der Waals surface area contributed by atoms with Gasteiger partial charge in [0.1, 0.15) is 5.75 Å². The minimum absolute atomic E-state index is 0.228. The SMILES string of the molecule is COc1ccccc1-n1c(=O)[nH]c2cc(C(=O)NCCN3CCCCC3)ccc2c1=O. The third-order valence-electron chi connectivity index (χ3n) is 5.65. The van der Waals surface area contributed by atoms with E-state index in [2.05, 4.69) is 15.2 Å². The summed E-state index contributed by atoms with van der Waals surface area (Å²) in [5.41, 5.74) is 0.0173. The molecule has 2 N–H and O–H groups in total. The van der Waals surface area contributed by atoms with Gasteiger partial charge in [-0.1, -0.05) is 18.6 Å². The number of benzene rings is 2. The highest BCUT2D eigenvalue weighted by Gasteiger charge is 2.15. The molecule has 0 saturated carbocycles. The van der Waals surface area contributed by atoms with Crippen molar-refractivity contribution in [2.45, 2.75) is 19.3 Å². The maximum Gasteiger partial charge on any atom is 0.333 e. The Labute approximate surface area is 179 Å². The van der Waals surface area contributed by atoms with Crippen LogP contribution in [-0.4, -0.2) is 53.6 Å². The lowest BCUT2D eigenvalue weighted by Gasteiger charge is -2.26. The van der Waals surface area contributed by atoms with Crippen LogP contribution < -0.4 is 21.3 Å². The Morgan fingerprint density at radius 1 is 1.10 bits per heavy atom. The van der Waals surface area contributed by atoms with Gasteiger partial charge in [0.25, 0.3) is 11.5 Å². The van der Waals surface area contributed by atoms with E-state index in [1.165, 1.54) is 26.4 Å². The predicted molar refractivity (Wildman–Crippen MR) is 119 cm³/mol. The highest BCUT2D eigenvalue weighted by molar-refractivity contribution is 5.97. The second-order valence-electron chi connectivity index (χ2n) is 7.66. The number of piperidine rings is 1. The number of nitrogens with one attached hydrogen (secondary N) is 2.